The number of nitrogens with one attached hydrogen (secondary N) is 1. The lowest BCUT2D eigenvalue weighted by Crippen LogP contribution is -2.39. The molecule has 1 unspecified atom stereocenters. The van der Waals surface area contributed by atoms with Gasteiger partial charge in [0.1, 0.15) is 4.21 Å². The van der Waals surface area contributed by atoms with Gasteiger partial charge in [-0.3, -0.25) is 4.79 Å². The van der Waals surface area contributed by atoms with Gasteiger partial charge >= 0.3 is 0 Å². The van der Waals surface area contributed by atoms with E-state index < -0.39 is 38.5 Å². The highest BCUT2D eigenvalue weighted by Crippen LogP contribution is 2.21. The van der Waals surface area contributed by atoms with Crippen molar-refractivity contribution in [3.8, 4) is 0 Å². The second-order valence-corrected chi connectivity index (χ2v) is 10.1. The van der Waals surface area contributed by atoms with E-state index in [1.165, 1.54) is 36.2 Å². The maximum Gasteiger partial charge on any atom is 0.250 e. The van der Waals surface area contributed by atoms with Crippen LogP contribution < -0.4 is 9.86 Å². The van der Waals surface area contributed by atoms with Gasteiger partial charge in [-0.15, -0.1) is 11.3 Å². The predicted octanol–water partition coefficient (Wildman–Crippen LogP) is 0.893. The molecule has 0 aliphatic heterocycles. The first-order chi connectivity index (χ1) is 12.0. The fraction of sp³-hybridized carbons (Fsp3) is 0.267. The molecule has 1 heterocycles. The van der Waals surface area contributed by atoms with Gasteiger partial charge in [-0.05, 0) is 36.1 Å². The molecule has 2 aromatic rings. The molecule has 0 saturated carbocycles. The molecule has 142 valence electrons. The molecule has 8 nitrogen and oxygen atoms in total. The number of carbonyl (C=O) groups excluding carboxylic acids is 1. The summed E-state index contributed by atoms with van der Waals surface area (Å²) in [4.78, 5) is 13.6. The van der Waals surface area contributed by atoms with Crippen LogP contribution in [0, 0.1) is 0 Å². The highest BCUT2D eigenvalue weighted by Gasteiger charge is 2.22. The molecule has 0 spiro atoms. The molecular weight excluding hydrogens is 398 g/mol. The van der Waals surface area contributed by atoms with E-state index in [-0.39, 0.29) is 9.10 Å². The minimum Gasteiger partial charge on any atom is -0.338 e. The second-order valence-electron chi connectivity index (χ2n) is 5.55. The largest absolute Gasteiger partial charge is 0.338 e. The van der Waals surface area contributed by atoms with E-state index >= 15 is 0 Å². The van der Waals surface area contributed by atoms with E-state index in [9.17, 15) is 21.6 Å². The Bertz CT molecular complexity index is 985. The van der Waals surface area contributed by atoms with E-state index in [1.54, 1.807) is 24.4 Å². The van der Waals surface area contributed by atoms with Gasteiger partial charge in [-0.1, -0.05) is 18.2 Å². The normalized spacial score (nSPS) is 13.3. The van der Waals surface area contributed by atoms with Crippen molar-refractivity contribution in [2.24, 2.45) is 5.14 Å². The third-order valence-corrected chi connectivity index (χ3v) is 7.53. The maximum atomic E-state index is 12.3. The average molecular weight is 418 g/mol. The predicted molar refractivity (Wildman–Crippen MR) is 98.5 cm³/mol. The zero-order valence-electron chi connectivity index (χ0n) is 14.1. The van der Waals surface area contributed by atoms with Crippen LogP contribution in [0.5, 0.6) is 0 Å². The lowest BCUT2D eigenvalue weighted by molar-refractivity contribution is -0.130. The molecule has 0 aliphatic rings. The molecule has 0 bridgehead atoms. The van der Waals surface area contributed by atoms with Crippen LogP contribution in [0.15, 0.2) is 50.9 Å². The number of thiophene rings is 1. The monoisotopic (exact) mass is 417 g/mol. The number of benzene rings is 1. The number of nitrogens with zero attached hydrogens (tertiary/aromatic N) is 1. The Kier molecular flexibility index (Phi) is 6.19. The van der Waals surface area contributed by atoms with Gasteiger partial charge in [0.05, 0.1) is 17.5 Å². The standard InChI is InChI=1S/C15H19N3O5S3/c1-11(12-5-3-6-13(9-12)25(16,20)21)18(2)14(19)10-17-26(22,23)15-7-4-8-24-15/h3-9,11,17H,10H2,1-2H3,(H2,16,20,21). The summed E-state index contributed by atoms with van der Waals surface area (Å²) >= 11 is 1.05. The number of rotatable bonds is 7. The number of hydrogen-bond donors (Lipinski definition) is 2. The van der Waals surface area contributed by atoms with Gasteiger partial charge in [0.15, 0.2) is 0 Å². The van der Waals surface area contributed by atoms with Gasteiger partial charge in [-0.25, -0.2) is 26.7 Å². The molecule has 1 amide bonds. The topological polar surface area (TPSA) is 127 Å². The van der Waals surface area contributed by atoms with E-state index in [4.69, 9.17) is 5.14 Å². The number of nitrogens with two attached hydrogens (primary N) is 1. The Morgan fingerprint density at radius 1 is 1.23 bits per heavy atom. The molecule has 0 saturated heterocycles. The molecule has 11 heteroatoms. The maximum absolute atomic E-state index is 12.3. The van der Waals surface area contributed by atoms with Crippen LogP contribution in [0.4, 0.5) is 0 Å². The summed E-state index contributed by atoms with van der Waals surface area (Å²) in [7, 11) is -6.08. The van der Waals surface area contributed by atoms with E-state index in [1.807, 2.05) is 0 Å². The SMILES string of the molecule is CC(c1cccc(S(N)(=O)=O)c1)N(C)C(=O)CNS(=O)(=O)c1cccs1. The van der Waals surface area contributed by atoms with Crippen molar-refractivity contribution >= 4 is 37.3 Å². The van der Waals surface area contributed by atoms with E-state index in [2.05, 4.69) is 4.72 Å². The lowest BCUT2D eigenvalue weighted by atomic mass is 10.1. The van der Waals surface area contributed by atoms with Gasteiger partial charge in [0.2, 0.25) is 15.9 Å². The second kappa shape index (κ2) is 7.84. The lowest BCUT2D eigenvalue weighted by Gasteiger charge is -2.25. The average Bonchev–Trinajstić information content (AvgIpc) is 3.13. The molecule has 0 radical (unpaired) electrons. The zero-order chi connectivity index (χ0) is 19.5. The van der Waals surface area contributed by atoms with Crippen molar-refractivity contribution < 1.29 is 21.6 Å². The number of primary sulfonamides is 1. The third-order valence-electron chi connectivity index (χ3n) is 3.82. The Morgan fingerprint density at radius 3 is 2.50 bits per heavy atom. The summed E-state index contributed by atoms with van der Waals surface area (Å²) in [5, 5.41) is 6.75. The van der Waals surface area contributed by atoms with Crippen molar-refractivity contribution in [2.45, 2.75) is 22.1 Å². The smallest absolute Gasteiger partial charge is 0.250 e. The van der Waals surface area contributed by atoms with E-state index in [0.29, 0.717) is 5.56 Å². The van der Waals surface area contributed by atoms with Crippen LogP contribution in [0.3, 0.4) is 0 Å². The summed E-state index contributed by atoms with van der Waals surface area (Å²) < 4.78 is 49.4. The number of hydrogen-bond acceptors (Lipinski definition) is 6. The Hall–Kier alpha value is -1.79. The van der Waals surface area contributed by atoms with Crippen LogP contribution in [0.2, 0.25) is 0 Å². The van der Waals surface area contributed by atoms with Crippen molar-refractivity contribution in [2.75, 3.05) is 13.6 Å². The summed E-state index contributed by atoms with van der Waals surface area (Å²) in [5.41, 5.74) is 0.563. The molecule has 1 atom stereocenters. The van der Waals surface area contributed by atoms with Gasteiger partial charge in [-0.2, -0.15) is 0 Å². The summed E-state index contributed by atoms with van der Waals surface area (Å²) in [5.74, 6) is -0.460. The van der Waals surface area contributed by atoms with Gasteiger partial charge in [0.25, 0.3) is 10.0 Å². The minimum absolute atomic E-state index is 0.0545. The summed E-state index contributed by atoms with van der Waals surface area (Å²) in [6.45, 7) is 1.30. The molecule has 2 rings (SSSR count). The van der Waals surface area contributed by atoms with Crippen molar-refractivity contribution in [1.29, 1.82) is 0 Å². The van der Waals surface area contributed by atoms with Crippen LogP contribution in [0.1, 0.15) is 18.5 Å². The Labute approximate surface area is 156 Å². The molecule has 26 heavy (non-hydrogen) atoms. The summed E-state index contributed by atoms with van der Waals surface area (Å²) in [6.07, 6.45) is 0. The van der Waals surface area contributed by atoms with Crippen molar-refractivity contribution in [3.05, 3.63) is 47.3 Å². The fourth-order valence-electron chi connectivity index (χ4n) is 2.16. The molecule has 1 aromatic heterocycles. The molecular formula is C15H19N3O5S3. The summed E-state index contributed by atoms with van der Waals surface area (Å²) in [6, 6.07) is 8.52. The molecule has 1 aromatic carbocycles. The van der Waals surface area contributed by atoms with Crippen LogP contribution >= 0.6 is 11.3 Å². The third kappa shape index (κ3) is 4.89. The zero-order valence-corrected chi connectivity index (χ0v) is 16.6. The number of carbonyl (C=O) groups is 1. The van der Waals surface area contributed by atoms with Gasteiger partial charge < -0.3 is 4.90 Å². The fourth-order valence-corrected chi connectivity index (χ4v) is 4.74. The number of amides is 1. The van der Waals surface area contributed by atoms with Crippen LogP contribution in [-0.4, -0.2) is 41.2 Å². The Morgan fingerprint density at radius 2 is 1.92 bits per heavy atom. The molecule has 0 fully saturated rings. The Balaban J connectivity index is 2.08. The molecule has 0 aliphatic carbocycles. The molecule has 3 N–H and O–H groups in total. The van der Waals surface area contributed by atoms with E-state index in [0.717, 1.165) is 11.3 Å². The van der Waals surface area contributed by atoms with Crippen LogP contribution in [-0.2, 0) is 24.8 Å². The van der Waals surface area contributed by atoms with Crippen molar-refractivity contribution in [3.63, 3.8) is 0 Å². The minimum atomic E-state index is -3.85. The first-order valence-electron chi connectivity index (χ1n) is 7.44. The van der Waals surface area contributed by atoms with Crippen molar-refractivity contribution in [1.82, 2.24) is 9.62 Å². The van der Waals surface area contributed by atoms with Crippen LogP contribution in [0.25, 0.3) is 0 Å². The highest BCUT2D eigenvalue weighted by molar-refractivity contribution is 7.91. The quantitative estimate of drug-likeness (QED) is 0.692. The first kappa shape index (κ1) is 20.5. The van der Waals surface area contributed by atoms with Gasteiger partial charge in [0, 0.05) is 7.05 Å². The number of likely N-dealkylation sites (N-methyl/N-ethyl adjacent to an activating group) is 1. The highest BCUT2D eigenvalue weighted by atomic mass is 32.2. The first-order valence-corrected chi connectivity index (χ1v) is 11.3. The number of sulfonamides is 2.